The number of hydrogen-bond donors (Lipinski definition) is 2. The normalized spacial score (nSPS) is 19.0. The molecule has 1 heterocycles. The molecule has 0 radical (unpaired) electrons. The van der Waals surface area contributed by atoms with E-state index in [2.05, 4.69) is 15.1 Å². The lowest BCUT2D eigenvalue weighted by Gasteiger charge is -2.26. The number of carbonyl (C=O) groups excluding carboxylic acids is 1. The van der Waals surface area contributed by atoms with Crippen molar-refractivity contribution in [3.8, 4) is 0 Å². The van der Waals surface area contributed by atoms with Crippen molar-refractivity contribution in [1.29, 1.82) is 0 Å². The number of anilines is 1. The smallest absolute Gasteiger partial charge is 0.241 e. The Morgan fingerprint density at radius 1 is 1.24 bits per heavy atom. The topological polar surface area (TPSA) is 55.8 Å². The number of hydrogen-bond acceptors (Lipinski definition) is 4. The Kier molecular flexibility index (Phi) is 6.17. The molecule has 5 heteroatoms. The summed E-state index contributed by atoms with van der Waals surface area (Å²) in [7, 11) is 0. The molecule has 1 saturated heterocycles. The predicted molar refractivity (Wildman–Crippen MR) is 84.2 cm³/mol. The second-order valence-corrected chi connectivity index (χ2v) is 5.49. The second-order valence-electron chi connectivity index (χ2n) is 5.49. The molecule has 2 rings (SSSR count). The van der Waals surface area contributed by atoms with Crippen molar-refractivity contribution in [1.82, 2.24) is 9.80 Å². The van der Waals surface area contributed by atoms with Gasteiger partial charge in [-0.1, -0.05) is 18.2 Å². The van der Waals surface area contributed by atoms with Gasteiger partial charge in [0.25, 0.3) is 0 Å². The van der Waals surface area contributed by atoms with Crippen LogP contribution in [-0.2, 0) is 4.79 Å². The van der Waals surface area contributed by atoms with Gasteiger partial charge < -0.3 is 10.4 Å². The Labute approximate surface area is 126 Å². The summed E-state index contributed by atoms with van der Waals surface area (Å²) >= 11 is 0. The van der Waals surface area contributed by atoms with Crippen LogP contribution in [0.4, 0.5) is 5.69 Å². The summed E-state index contributed by atoms with van der Waals surface area (Å²) in [6, 6.07) is 9.42. The van der Waals surface area contributed by atoms with Crippen molar-refractivity contribution in [2.75, 3.05) is 44.6 Å². The first-order chi connectivity index (χ1) is 10.2. The molecule has 1 atom stereocenters. The minimum Gasteiger partial charge on any atom is -0.395 e. The van der Waals surface area contributed by atoms with Crippen LogP contribution < -0.4 is 5.32 Å². The SMILES string of the molecule is CC(C(=O)Nc1ccccc1)N1CCCN(CCO)CC1. The van der Waals surface area contributed by atoms with E-state index in [4.69, 9.17) is 5.11 Å². The first-order valence-corrected chi connectivity index (χ1v) is 7.64. The van der Waals surface area contributed by atoms with Crippen molar-refractivity contribution in [2.45, 2.75) is 19.4 Å². The summed E-state index contributed by atoms with van der Waals surface area (Å²) in [6.45, 7) is 6.56. The number of para-hydroxylation sites is 1. The third-order valence-electron chi connectivity index (χ3n) is 4.01. The zero-order valence-electron chi connectivity index (χ0n) is 12.7. The van der Waals surface area contributed by atoms with E-state index in [0.717, 1.165) is 44.8 Å². The molecule has 1 amide bonds. The molecule has 1 aromatic rings. The van der Waals surface area contributed by atoms with E-state index >= 15 is 0 Å². The number of amides is 1. The van der Waals surface area contributed by atoms with Gasteiger partial charge in [0.1, 0.15) is 0 Å². The summed E-state index contributed by atoms with van der Waals surface area (Å²) in [5.41, 5.74) is 0.839. The van der Waals surface area contributed by atoms with Gasteiger partial charge >= 0.3 is 0 Å². The molecule has 116 valence electrons. The molecule has 1 unspecified atom stereocenters. The zero-order valence-corrected chi connectivity index (χ0v) is 12.7. The predicted octanol–water partition coefficient (Wildman–Crippen LogP) is 1.01. The van der Waals surface area contributed by atoms with E-state index in [9.17, 15) is 4.79 Å². The van der Waals surface area contributed by atoms with Gasteiger partial charge in [-0.05, 0) is 32.0 Å². The summed E-state index contributed by atoms with van der Waals surface area (Å²) < 4.78 is 0. The molecule has 1 aromatic carbocycles. The number of nitrogens with one attached hydrogen (secondary N) is 1. The molecule has 0 saturated carbocycles. The highest BCUT2D eigenvalue weighted by atomic mass is 16.3. The molecule has 0 bridgehead atoms. The number of rotatable bonds is 5. The number of aliphatic hydroxyl groups is 1. The van der Waals surface area contributed by atoms with Crippen molar-refractivity contribution in [2.24, 2.45) is 0 Å². The lowest BCUT2D eigenvalue weighted by atomic mass is 10.2. The fourth-order valence-corrected chi connectivity index (χ4v) is 2.68. The van der Waals surface area contributed by atoms with E-state index in [0.29, 0.717) is 0 Å². The van der Waals surface area contributed by atoms with Gasteiger partial charge in [0, 0.05) is 31.9 Å². The van der Waals surface area contributed by atoms with Gasteiger partial charge in [-0.15, -0.1) is 0 Å². The van der Waals surface area contributed by atoms with Crippen LogP contribution in [0.2, 0.25) is 0 Å². The van der Waals surface area contributed by atoms with Crippen LogP contribution in [0, 0.1) is 0 Å². The van der Waals surface area contributed by atoms with Gasteiger partial charge in [0.05, 0.1) is 12.6 Å². The molecule has 2 N–H and O–H groups in total. The van der Waals surface area contributed by atoms with Crippen molar-refractivity contribution < 1.29 is 9.90 Å². The molecular formula is C16H25N3O2. The second kappa shape index (κ2) is 8.12. The Morgan fingerprint density at radius 2 is 2.00 bits per heavy atom. The molecule has 1 aliphatic rings. The average molecular weight is 291 g/mol. The van der Waals surface area contributed by atoms with Gasteiger partial charge in [-0.3, -0.25) is 14.6 Å². The molecule has 5 nitrogen and oxygen atoms in total. The monoisotopic (exact) mass is 291 g/mol. The minimum atomic E-state index is -0.140. The fraction of sp³-hybridized carbons (Fsp3) is 0.562. The summed E-state index contributed by atoms with van der Waals surface area (Å²) in [4.78, 5) is 16.8. The highest BCUT2D eigenvalue weighted by Gasteiger charge is 2.23. The van der Waals surface area contributed by atoms with E-state index in [1.54, 1.807) is 0 Å². The maximum atomic E-state index is 12.3. The molecule has 1 fully saturated rings. The Hall–Kier alpha value is -1.43. The summed E-state index contributed by atoms with van der Waals surface area (Å²) in [5.74, 6) is 0.0387. The third-order valence-corrected chi connectivity index (χ3v) is 4.01. The molecule has 0 aliphatic carbocycles. The minimum absolute atomic E-state index is 0.0387. The van der Waals surface area contributed by atoms with E-state index < -0.39 is 0 Å². The summed E-state index contributed by atoms with van der Waals surface area (Å²) in [5, 5.41) is 12.0. The van der Waals surface area contributed by atoms with Crippen LogP contribution in [0.1, 0.15) is 13.3 Å². The van der Waals surface area contributed by atoms with Crippen molar-refractivity contribution in [3.63, 3.8) is 0 Å². The van der Waals surface area contributed by atoms with Crippen LogP contribution in [0.15, 0.2) is 30.3 Å². The standard InChI is InChI=1S/C16H25N3O2/c1-14(16(21)17-15-6-3-2-4-7-15)19-9-5-8-18(10-11-19)12-13-20/h2-4,6-7,14,20H,5,8-13H2,1H3,(H,17,21). The van der Waals surface area contributed by atoms with Gasteiger partial charge in [0.15, 0.2) is 0 Å². The van der Waals surface area contributed by atoms with Gasteiger partial charge in [-0.25, -0.2) is 0 Å². The highest BCUT2D eigenvalue weighted by molar-refractivity contribution is 5.94. The van der Waals surface area contributed by atoms with Crippen LogP contribution in [0.5, 0.6) is 0 Å². The molecule has 0 spiro atoms. The molecule has 0 aromatic heterocycles. The lowest BCUT2D eigenvalue weighted by Crippen LogP contribution is -2.44. The quantitative estimate of drug-likeness (QED) is 0.850. The van der Waals surface area contributed by atoms with Crippen LogP contribution in [-0.4, -0.2) is 66.2 Å². The van der Waals surface area contributed by atoms with Crippen LogP contribution in [0.3, 0.4) is 0 Å². The number of carbonyl (C=O) groups is 1. The van der Waals surface area contributed by atoms with Crippen LogP contribution >= 0.6 is 0 Å². The van der Waals surface area contributed by atoms with E-state index in [-0.39, 0.29) is 18.6 Å². The number of nitrogens with zero attached hydrogens (tertiary/aromatic N) is 2. The molecule has 1 aliphatic heterocycles. The first-order valence-electron chi connectivity index (χ1n) is 7.64. The van der Waals surface area contributed by atoms with Crippen molar-refractivity contribution in [3.05, 3.63) is 30.3 Å². The Bertz CT molecular complexity index is 438. The summed E-state index contributed by atoms with van der Waals surface area (Å²) in [6.07, 6.45) is 1.03. The van der Waals surface area contributed by atoms with Gasteiger partial charge in [-0.2, -0.15) is 0 Å². The highest BCUT2D eigenvalue weighted by Crippen LogP contribution is 2.10. The third kappa shape index (κ3) is 4.81. The average Bonchev–Trinajstić information content (AvgIpc) is 2.73. The Balaban J connectivity index is 1.87. The van der Waals surface area contributed by atoms with Gasteiger partial charge in [0.2, 0.25) is 5.91 Å². The van der Waals surface area contributed by atoms with E-state index in [1.165, 1.54) is 0 Å². The zero-order chi connectivity index (χ0) is 15.1. The van der Waals surface area contributed by atoms with Crippen LogP contribution in [0.25, 0.3) is 0 Å². The first kappa shape index (κ1) is 15.9. The van der Waals surface area contributed by atoms with E-state index in [1.807, 2.05) is 37.3 Å². The number of β-amino-alcohol motifs (C(OH)–C–C–N with tert-alkyl or cyclic N) is 1. The number of benzene rings is 1. The fourth-order valence-electron chi connectivity index (χ4n) is 2.68. The largest absolute Gasteiger partial charge is 0.395 e. The molecule has 21 heavy (non-hydrogen) atoms. The maximum Gasteiger partial charge on any atom is 0.241 e. The molecular weight excluding hydrogens is 266 g/mol. The lowest BCUT2D eigenvalue weighted by molar-refractivity contribution is -0.120. The Morgan fingerprint density at radius 3 is 2.71 bits per heavy atom. The number of aliphatic hydroxyl groups excluding tert-OH is 1. The maximum absolute atomic E-state index is 12.3. The van der Waals surface area contributed by atoms with Crippen molar-refractivity contribution >= 4 is 11.6 Å².